The van der Waals surface area contributed by atoms with E-state index in [2.05, 4.69) is 20.8 Å². The van der Waals surface area contributed by atoms with E-state index in [0.717, 1.165) is 29.5 Å². The van der Waals surface area contributed by atoms with Crippen LogP contribution < -0.4 is 5.73 Å². The van der Waals surface area contributed by atoms with Crippen LogP contribution in [0.4, 0.5) is 4.39 Å². The maximum atomic E-state index is 13.5. The van der Waals surface area contributed by atoms with Gasteiger partial charge in [-0.15, -0.1) is 12.4 Å². The SMILES string of the molecule is Cl.N[C@@H]1CCN(Cc2c(F)cccc2Br)C1. The molecule has 0 amide bonds. The molecule has 1 aliphatic rings. The van der Waals surface area contributed by atoms with Gasteiger partial charge in [-0.05, 0) is 18.6 Å². The summed E-state index contributed by atoms with van der Waals surface area (Å²) in [7, 11) is 0. The van der Waals surface area contributed by atoms with Crippen LogP contribution >= 0.6 is 28.3 Å². The molecule has 0 radical (unpaired) electrons. The van der Waals surface area contributed by atoms with Crippen LogP contribution in [0.3, 0.4) is 0 Å². The maximum absolute atomic E-state index is 13.5. The van der Waals surface area contributed by atoms with E-state index < -0.39 is 0 Å². The Bertz CT molecular complexity index is 342. The Hall–Kier alpha value is -0.160. The molecule has 1 aliphatic heterocycles. The number of likely N-dealkylation sites (tertiary alicyclic amines) is 1. The van der Waals surface area contributed by atoms with Gasteiger partial charge in [-0.1, -0.05) is 22.0 Å². The van der Waals surface area contributed by atoms with Crippen molar-refractivity contribution >= 4 is 28.3 Å². The summed E-state index contributed by atoms with van der Waals surface area (Å²) in [6, 6.07) is 5.32. The maximum Gasteiger partial charge on any atom is 0.128 e. The molecule has 1 aromatic carbocycles. The standard InChI is InChI=1S/C11H14BrFN2.ClH/c12-10-2-1-3-11(13)9(10)7-15-5-4-8(14)6-15;/h1-3,8H,4-7,14H2;1H/t8-;/m1./s1. The molecule has 0 spiro atoms. The topological polar surface area (TPSA) is 29.3 Å². The minimum atomic E-state index is -0.148. The lowest BCUT2D eigenvalue weighted by Gasteiger charge is -2.16. The second kappa shape index (κ2) is 5.96. The highest BCUT2D eigenvalue weighted by Crippen LogP contribution is 2.22. The predicted molar refractivity (Wildman–Crippen MR) is 69.2 cm³/mol. The molecule has 0 saturated carbocycles. The average molecular weight is 310 g/mol. The Balaban J connectivity index is 0.00000128. The summed E-state index contributed by atoms with van der Waals surface area (Å²) >= 11 is 3.37. The van der Waals surface area contributed by atoms with E-state index in [4.69, 9.17) is 5.73 Å². The third-order valence-corrected chi connectivity index (χ3v) is 3.50. The van der Waals surface area contributed by atoms with Gasteiger partial charge in [0.05, 0.1) is 0 Å². The summed E-state index contributed by atoms with van der Waals surface area (Å²) in [5.41, 5.74) is 6.54. The Morgan fingerprint density at radius 3 is 2.81 bits per heavy atom. The van der Waals surface area contributed by atoms with E-state index in [1.54, 1.807) is 6.07 Å². The van der Waals surface area contributed by atoms with Crippen molar-refractivity contribution < 1.29 is 4.39 Å². The van der Waals surface area contributed by atoms with Crippen LogP contribution in [0.25, 0.3) is 0 Å². The van der Waals surface area contributed by atoms with Crippen molar-refractivity contribution in [1.29, 1.82) is 0 Å². The molecule has 0 unspecified atom stereocenters. The minimum absolute atomic E-state index is 0. The number of rotatable bonds is 2. The first kappa shape index (κ1) is 13.9. The normalized spacial score (nSPS) is 20.8. The molecule has 1 fully saturated rings. The molecule has 0 aliphatic carbocycles. The molecule has 1 atom stereocenters. The highest BCUT2D eigenvalue weighted by Gasteiger charge is 2.20. The van der Waals surface area contributed by atoms with Crippen molar-refractivity contribution in [2.75, 3.05) is 13.1 Å². The summed E-state index contributed by atoms with van der Waals surface area (Å²) in [6.45, 7) is 2.46. The Labute approximate surface area is 110 Å². The third-order valence-electron chi connectivity index (χ3n) is 2.75. The van der Waals surface area contributed by atoms with Crippen molar-refractivity contribution in [3.05, 3.63) is 34.1 Å². The van der Waals surface area contributed by atoms with E-state index in [9.17, 15) is 4.39 Å². The lowest BCUT2D eigenvalue weighted by molar-refractivity contribution is 0.320. The Kier molecular flexibility index (Phi) is 5.18. The van der Waals surface area contributed by atoms with Crippen LogP contribution in [0.5, 0.6) is 0 Å². The molecule has 1 aromatic rings. The zero-order chi connectivity index (χ0) is 10.8. The van der Waals surface area contributed by atoms with Gasteiger partial charge in [-0.25, -0.2) is 4.39 Å². The number of nitrogens with two attached hydrogens (primary N) is 1. The zero-order valence-electron chi connectivity index (χ0n) is 8.83. The molecule has 1 heterocycles. The second-order valence-corrected chi connectivity index (χ2v) is 4.84. The van der Waals surface area contributed by atoms with Gasteiger partial charge in [-0.2, -0.15) is 0 Å². The van der Waals surface area contributed by atoms with Crippen LogP contribution in [-0.4, -0.2) is 24.0 Å². The van der Waals surface area contributed by atoms with Gasteiger partial charge in [0.15, 0.2) is 0 Å². The number of nitrogens with zero attached hydrogens (tertiary/aromatic N) is 1. The largest absolute Gasteiger partial charge is 0.326 e. The molecular formula is C11H15BrClFN2. The van der Waals surface area contributed by atoms with Crippen LogP contribution in [0.15, 0.2) is 22.7 Å². The van der Waals surface area contributed by atoms with Crippen molar-refractivity contribution in [3.8, 4) is 0 Å². The predicted octanol–water partition coefficient (Wildman–Crippen LogP) is 2.54. The lowest BCUT2D eigenvalue weighted by atomic mass is 10.2. The van der Waals surface area contributed by atoms with Gasteiger partial charge in [0.1, 0.15) is 5.82 Å². The van der Waals surface area contributed by atoms with Crippen molar-refractivity contribution in [2.45, 2.75) is 19.0 Å². The van der Waals surface area contributed by atoms with Crippen LogP contribution in [0.1, 0.15) is 12.0 Å². The minimum Gasteiger partial charge on any atom is -0.326 e. The molecule has 16 heavy (non-hydrogen) atoms. The van der Waals surface area contributed by atoms with E-state index in [-0.39, 0.29) is 24.3 Å². The fourth-order valence-corrected chi connectivity index (χ4v) is 2.38. The van der Waals surface area contributed by atoms with Crippen molar-refractivity contribution in [2.24, 2.45) is 5.73 Å². The first-order valence-corrected chi connectivity index (χ1v) is 5.87. The molecule has 0 bridgehead atoms. The number of benzene rings is 1. The van der Waals surface area contributed by atoms with Gasteiger partial charge in [0.25, 0.3) is 0 Å². The smallest absolute Gasteiger partial charge is 0.128 e. The number of hydrogen-bond acceptors (Lipinski definition) is 2. The summed E-state index contributed by atoms with van der Waals surface area (Å²) in [4.78, 5) is 2.19. The van der Waals surface area contributed by atoms with Crippen molar-refractivity contribution in [1.82, 2.24) is 4.90 Å². The Morgan fingerprint density at radius 2 is 2.25 bits per heavy atom. The highest BCUT2D eigenvalue weighted by atomic mass is 79.9. The van der Waals surface area contributed by atoms with Crippen molar-refractivity contribution in [3.63, 3.8) is 0 Å². The molecule has 1 saturated heterocycles. The number of halogens is 3. The van der Waals surface area contributed by atoms with Gasteiger partial charge >= 0.3 is 0 Å². The quantitative estimate of drug-likeness (QED) is 0.910. The Morgan fingerprint density at radius 1 is 1.50 bits per heavy atom. The lowest BCUT2D eigenvalue weighted by Crippen LogP contribution is -2.26. The van der Waals surface area contributed by atoms with E-state index in [1.165, 1.54) is 6.07 Å². The summed E-state index contributed by atoms with van der Waals surface area (Å²) in [5, 5.41) is 0. The summed E-state index contributed by atoms with van der Waals surface area (Å²) in [5.74, 6) is -0.148. The fourth-order valence-electron chi connectivity index (χ4n) is 1.91. The fraction of sp³-hybridized carbons (Fsp3) is 0.455. The molecule has 2 rings (SSSR count). The van der Waals surface area contributed by atoms with E-state index >= 15 is 0 Å². The van der Waals surface area contributed by atoms with Crippen LogP contribution in [-0.2, 0) is 6.54 Å². The van der Waals surface area contributed by atoms with Crippen LogP contribution in [0, 0.1) is 5.82 Å². The van der Waals surface area contributed by atoms with Gasteiger partial charge in [0.2, 0.25) is 0 Å². The monoisotopic (exact) mass is 308 g/mol. The van der Waals surface area contributed by atoms with Gasteiger partial charge < -0.3 is 5.73 Å². The summed E-state index contributed by atoms with van der Waals surface area (Å²) < 4.78 is 14.3. The molecular weight excluding hydrogens is 294 g/mol. The second-order valence-electron chi connectivity index (χ2n) is 3.98. The molecule has 2 N–H and O–H groups in total. The highest BCUT2D eigenvalue weighted by molar-refractivity contribution is 9.10. The van der Waals surface area contributed by atoms with Crippen LogP contribution in [0.2, 0.25) is 0 Å². The van der Waals surface area contributed by atoms with E-state index in [0.29, 0.717) is 6.54 Å². The number of hydrogen-bond donors (Lipinski definition) is 1. The van der Waals surface area contributed by atoms with Gasteiger partial charge in [-0.3, -0.25) is 4.90 Å². The molecule has 90 valence electrons. The summed E-state index contributed by atoms with van der Waals surface area (Å²) in [6.07, 6.45) is 1.01. The average Bonchev–Trinajstić information content (AvgIpc) is 2.58. The van der Waals surface area contributed by atoms with E-state index in [1.807, 2.05) is 6.07 Å². The molecule has 5 heteroatoms. The molecule has 2 nitrogen and oxygen atoms in total. The third kappa shape index (κ3) is 3.17. The first-order chi connectivity index (χ1) is 7.16. The molecule has 0 aromatic heterocycles. The zero-order valence-corrected chi connectivity index (χ0v) is 11.2. The first-order valence-electron chi connectivity index (χ1n) is 5.07. The van der Waals surface area contributed by atoms with Gasteiger partial charge in [0, 0.05) is 35.7 Å².